The number of nitrogens with zero attached hydrogens (tertiary/aromatic N) is 1. The lowest BCUT2D eigenvalue weighted by Gasteiger charge is -2.10. The van der Waals surface area contributed by atoms with E-state index in [1.807, 2.05) is 49.4 Å². The van der Waals surface area contributed by atoms with Crippen LogP contribution in [0.1, 0.15) is 27.0 Å². The van der Waals surface area contributed by atoms with Crippen LogP contribution in [-0.2, 0) is 6.61 Å². The molecule has 0 bridgehead atoms. The van der Waals surface area contributed by atoms with Crippen LogP contribution in [0.25, 0.3) is 0 Å². The van der Waals surface area contributed by atoms with Gasteiger partial charge in [0.2, 0.25) is 0 Å². The fraction of sp³-hybridized carbons (Fsp3) is 0.167. The van der Waals surface area contributed by atoms with Crippen LogP contribution in [0.4, 0.5) is 0 Å². The van der Waals surface area contributed by atoms with Crippen LogP contribution in [0.3, 0.4) is 0 Å². The molecule has 3 rings (SSSR count). The van der Waals surface area contributed by atoms with Crippen LogP contribution < -0.4 is 19.6 Å². The SMILES string of the molecule is COc1cc(OC)cc(C(=O)NN=Cc2cc(Br)ccc2OCc2ccc(C)cc2)c1. The van der Waals surface area contributed by atoms with Gasteiger partial charge in [0.1, 0.15) is 23.9 Å². The molecule has 6 nitrogen and oxygen atoms in total. The van der Waals surface area contributed by atoms with Gasteiger partial charge in [0, 0.05) is 21.7 Å². The van der Waals surface area contributed by atoms with Gasteiger partial charge < -0.3 is 14.2 Å². The number of hydrogen-bond donors (Lipinski definition) is 1. The highest BCUT2D eigenvalue weighted by atomic mass is 79.9. The zero-order chi connectivity index (χ0) is 22.2. The number of rotatable bonds is 8. The maximum Gasteiger partial charge on any atom is 0.271 e. The number of carbonyl (C=O) groups excluding carboxylic acids is 1. The molecule has 3 aromatic carbocycles. The van der Waals surface area contributed by atoms with E-state index in [1.165, 1.54) is 19.8 Å². The zero-order valence-corrected chi connectivity index (χ0v) is 19.1. The largest absolute Gasteiger partial charge is 0.497 e. The number of ether oxygens (including phenoxy) is 3. The van der Waals surface area contributed by atoms with Crippen molar-refractivity contribution in [1.82, 2.24) is 5.43 Å². The van der Waals surface area contributed by atoms with Crippen LogP contribution in [-0.4, -0.2) is 26.3 Å². The van der Waals surface area contributed by atoms with Crippen LogP contribution in [0, 0.1) is 6.92 Å². The molecule has 1 amide bonds. The van der Waals surface area contributed by atoms with Crippen LogP contribution in [0.2, 0.25) is 0 Å². The van der Waals surface area contributed by atoms with Gasteiger partial charge >= 0.3 is 0 Å². The van der Waals surface area contributed by atoms with E-state index in [2.05, 4.69) is 26.5 Å². The molecule has 3 aromatic rings. The Morgan fingerprint density at radius 3 is 2.32 bits per heavy atom. The van der Waals surface area contributed by atoms with Crippen molar-refractivity contribution in [1.29, 1.82) is 0 Å². The Labute approximate surface area is 190 Å². The van der Waals surface area contributed by atoms with Gasteiger partial charge in [-0.2, -0.15) is 5.10 Å². The number of benzene rings is 3. The standard InChI is InChI=1S/C24H23BrN2O4/c1-16-4-6-17(7-5-16)15-31-23-9-8-20(25)10-19(23)14-26-27-24(28)18-11-21(29-2)13-22(12-18)30-3/h4-14H,15H2,1-3H3,(H,27,28). The van der Waals surface area contributed by atoms with E-state index in [1.54, 1.807) is 24.4 Å². The predicted octanol–water partition coefficient (Wildman–Crippen LogP) is 5.12. The van der Waals surface area contributed by atoms with Crippen LogP contribution in [0.15, 0.2) is 70.2 Å². The maximum atomic E-state index is 12.5. The van der Waals surface area contributed by atoms with Gasteiger partial charge in [-0.3, -0.25) is 4.79 Å². The predicted molar refractivity (Wildman–Crippen MR) is 124 cm³/mol. The Morgan fingerprint density at radius 2 is 1.68 bits per heavy atom. The van der Waals surface area contributed by atoms with E-state index < -0.39 is 0 Å². The Morgan fingerprint density at radius 1 is 1.00 bits per heavy atom. The van der Waals surface area contributed by atoms with E-state index in [-0.39, 0.29) is 5.91 Å². The van der Waals surface area contributed by atoms with Gasteiger partial charge in [0.15, 0.2) is 0 Å². The molecule has 1 N–H and O–H groups in total. The average molecular weight is 483 g/mol. The first-order valence-electron chi connectivity index (χ1n) is 9.53. The minimum atomic E-state index is -0.384. The quantitative estimate of drug-likeness (QED) is 0.357. The summed E-state index contributed by atoms with van der Waals surface area (Å²) >= 11 is 3.46. The van der Waals surface area contributed by atoms with Crippen molar-refractivity contribution in [3.8, 4) is 17.2 Å². The number of aryl methyl sites for hydroxylation is 1. The smallest absolute Gasteiger partial charge is 0.271 e. The summed E-state index contributed by atoms with van der Waals surface area (Å²) in [6.07, 6.45) is 1.55. The molecule has 160 valence electrons. The van der Waals surface area contributed by atoms with Crippen molar-refractivity contribution < 1.29 is 19.0 Å². The molecule has 0 aliphatic rings. The Hall–Kier alpha value is -3.32. The molecule has 0 heterocycles. The number of nitrogens with one attached hydrogen (secondary N) is 1. The molecule has 0 unspecified atom stereocenters. The molecular weight excluding hydrogens is 460 g/mol. The van der Waals surface area contributed by atoms with Gasteiger partial charge in [0.25, 0.3) is 5.91 Å². The second-order valence-corrected chi connectivity index (χ2v) is 7.67. The third-order valence-corrected chi connectivity index (χ3v) is 4.96. The minimum absolute atomic E-state index is 0.374. The van der Waals surface area contributed by atoms with Crippen molar-refractivity contribution in [3.63, 3.8) is 0 Å². The van der Waals surface area contributed by atoms with Gasteiger partial charge in [-0.1, -0.05) is 45.8 Å². The van der Waals surface area contributed by atoms with E-state index in [9.17, 15) is 4.79 Å². The second kappa shape index (κ2) is 10.6. The Kier molecular flexibility index (Phi) is 7.67. The van der Waals surface area contributed by atoms with E-state index in [0.29, 0.717) is 29.4 Å². The third-order valence-electron chi connectivity index (χ3n) is 4.47. The summed E-state index contributed by atoms with van der Waals surface area (Å²) in [5.41, 5.74) is 5.89. The number of amides is 1. The van der Waals surface area contributed by atoms with Crippen molar-refractivity contribution in [3.05, 3.63) is 87.4 Å². The van der Waals surface area contributed by atoms with E-state index in [4.69, 9.17) is 14.2 Å². The zero-order valence-electron chi connectivity index (χ0n) is 17.5. The molecule has 0 spiro atoms. The average Bonchev–Trinajstić information content (AvgIpc) is 2.79. The summed E-state index contributed by atoms with van der Waals surface area (Å²) in [5.74, 6) is 1.31. The number of methoxy groups -OCH3 is 2. The molecule has 0 radical (unpaired) electrons. The molecule has 0 aliphatic heterocycles. The Bertz CT molecular complexity index is 1060. The Balaban J connectivity index is 1.70. The number of hydrazone groups is 1. The van der Waals surface area contributed by atoms with Gasteiger partial charge in [-0.25, -0.2) is 5.43 Å². The van der Waals surface area contributed by atoms with E-state index in [0.717, 1.165) is 15.6 Å². The van der Waals surface area contributed by atoms with Crippen LogP contribution >= 0.6 is 15.9 Å². The van der Waals surface area contributed by atoms with Gasteiger partial charge in [-0.05, 0) is 42.8 Å². The van der Waals surface area contributed by atoms with Crippen LogP contribution in [0.5, 0.6) is 17.2 Å². The molecule has 0 saturated carbocycles. The lowest BCUT2D eigenvalue weighted by atomic mass is 10.1. The summed E-state index contributed by atoms with van der Waals surface area (Å²) < 4.78 is 17.2. The number of halogens is 1. The summed E-state index contributed by atoms with van der Waals surface area (Å²) in [5, 5.41) is 4.09. The number of hydrogen-bond acceptors (Lipinski definition) is 5. The molecule has 31 heavy (non-hydrogen) atoms. The topological polar surface area (TPSA) is 69.2 Å². The molecule has 0 saturated heterocycles. The highest BCUT2D eigenvalue weighted by molar-refractivity contribution is 9.10. The minimum Gasteiger partial charge on any atom is -0.497 e. The lowest BCUT2D eigenvalue weighted by molar-refractivity contribution is 0.0954. The second-order valence-electron chi connectivity index (χ2n) is 6.76. The van der Waals surface area contributed by atoms with Gasteiger partial charge in [0.05, 0.1) is 20.4 Å². The van der Waals surface area contributed by atoms with Crippen molar-refractivity contribution in [2.75, 3.05) is 14.2 Å². The van der Waals surface area contributed by atoms with Crippen molar-refractivity contribution >= 4 is 28.1 Å². The molecular formula is C24H23BrN2O4. The summed E-state index contributed by atoms with van der Waals surface area (Å²) in [4.78, 5) is 12.5. The van der Waals surface area contributed by atoms with Gasteiger partial charge in [-0.15, -0.1) is 0 Å². The monoisotopic (exact) mass is 482 g/mol. The van der Waals surface area contributed by atoms with Crippen molar-refractivity contribution in [2.45, 2.75) is 13.5 Å². The fourth-order valence-electron chi connectivity index (χ4n) is 2.76. The molecule has 0 aromatic heterocycles. The summed E-state index contributed by atoms with van der Waals surface area (Å²) in [6.45, 7) is 2.47. The highest BCUT2D eigenvalue weighted by Crippen LogP contribution is 2.24. The molecule has 0 aliphatic carbocycles. The molecule has 0 fully saturated rings. The first kappa shape index (κ1) is 22.4. The van der Waals surface area contributed by atoms with Crippen molar-refractivity contribution in [2.24, 2.45) is 5.10 Å². The summed E-state index contributed by atoms with van der Waals surface area (Å²) in [6, 6.07) is 18.7. The third kappa shape index (κ3) is 6.33. The first-order valence-corrected chi connectivity index (χ1v) is 10.3. The first-order chi connectivity index (χ1) is 15.0. The van der Waals surface area contributed by atoms with E-state index >= 15 is 0 Å². The highest BCUT2D eigenvalue weighted by Gasteiger charge is 2.09. The molecule has 0 atom stereocenters. The normalized spacial score (nSPS) is 10.7. The lowest BCUT2D eigenvalue weighted by Crippen LogP contribution is -2.17. The maximum absolute atomic E-state index is 12.5. The summed E-state index contributed by atoms with van der Waals surface area (Å²) in [7, 11) is 3.06. The fourth-order valence-corrected chi connectivity index (χ4v) is 3.14. The molecule has 7 heteroatoms. The number of carbonyl (C=O) groups is 1.